The summed E-state index contributed by atoms with van der Waals surface area (Å²) in [5.41, 5.74) is 1.70. The fourth-order valence-corrected chi connectivity index (χ4v) is 1.89. The van der Waals surface area contributed by atoms with Gasteiger partial charge in [-0.2, -0.15) is 5.26 Å². The van der Waals surface area contributed by atoms with Crippen molar-refractivity contribution in [2.45, 2.75) is 0 Å². The quantitative estimate of drug-likeness (QED) is 0.691. The van der Waals surface area contributed by atoms with Gasteiger partial charge in [0.15, 0.2) is 5.76 Å². The first-order valence-corrected chi connectivity index (χ1v) is 5.05. The molecule has 0 unspecified atom stereocenters. The van der Waals surface area contributed by atoms with Crippen LogP contribution in [-0.4, -0.2) is 4.98 Å². The number of benzene rings is 1. The lowest BCUT2D eigenvalue weighted by molar-refractivity contribution is 0.580. The Balaban J connectivity index is 2.37. The van der Waals surface area contributed by atoms with Crippen LogP contribution in [0.3, 0.4) is 0 Å². The van der Waals surface area contributed by atoms with E-state index >= 15 is 0 Å². The Kier molecular flexibility index (Phi) is 1.99. The van der Waals surface area contributed by atoms with Crippen LogP contribution >= 0.6 is 0 Å². The molecule has 82 valence electrons. The standard InChI is InChI=1S/C13H7FN2O/c14-8-3-4-11-9(6-8)10(7-15)13(16-11)12-2-1-5-17-12/h1-6,16H. The van der Waals surface area contributed by atoms with Gasteiger partial charge < -0.3 is 9.40 Å². The van der Waals surface area contributed by atoms with E-state index in [1.165, 1.54) is 18.4 Å². The summed E-state index contributed by atoms with van der Waals surface area (Å²) in [7, 11) is 0. The molecule has 3 aromatic rings. The number of halogens is 1. The van der Waals surface area contributed by atoms with Crippen molar-refractivity contribution in [2.75, 3.05) is 0 Å². The molecule has 2 aromatic heterocycles. The van der Waals surface area contributed by atoms with Crippen molar-refractivity contribution in [3.05, 3.63) is 48.0 Å². The van der Waals surface area contributed by atoms with Crippen LogP contribution in [0.25, 0.3) is 22.4 Å². The summed E-state index contributed by atoms with van der Waals surface area (Å²) >= 11 is 0. The van der Waals surface area contributed by atoms with E-state index in [0.717, 1.165) is 0 Å². The average molecular weight is 226 g/mol. The van der Waals surface area contributed by atoms with E-state index in [0.29, 0.717) is 27.9 Å². The number of nitriles is 1. The van der Waals surface area contributed by atoms with Crippen molar-refractivity contribution in [3.8, 4) is 17.5 Å². The fraction of sp³-hybridized carbons (Fsp3) is 0. The lowest BCUT2D eigenvalue weighted by Gasteiger charge is -1.91. The molecule has 17 heavy (non-hydrogen) atoms. The van der Waals surface area contributed by atoms with Gasteiger partial charge in [0.25, 0.3) is 0 Å². The Bertz CT molecular complexity index is 720. The van der Waals surface area contributed by atoms with Gasteiger partial charge in [0.05, 0.1) is 11.8 Å². The number of rotatable bonds is 1. The van der Waals surface area contributed by atoms with Gasteiger partial charge in [0, 0.05) is 10.9 Å². The number of fused-ring (bicyclic) bond motifs is 1. The molecule has 2 heterocycles. The Labute approximate surface area is 96.1 Å². The first-order valence-electron chi connectivity index (χ1n) is 5.05. The highest BCUT2D eigenvalue weighted by Crippen LogP contribution is 2.30. The summed E-state index contributed by atoms with van der Waals surface area (Å²) < 4.78 is 18.4. The van der Waals surface area contributed by atoms with Crippen LogP contribution < -0.4 is 0 Å². The highest BCUT2D eigenvalue weighted by Gasteiger charge is 2.15. The normalized spacial score (nSPS) is 10.6. The molecule has 0 aliphatic rings. The van der Waals surface area contributed by atoms with Gasteiger partial charge in [-0.1, -0.05) is 0 Å². The van der Waals surface area contributed by atoms with Crippen LogP contribution in [0.4, 0.5) is 4.39 Å². The van der Waals surface area contributed by atoms with E-state index in [1.807, 2.05) is 0 Å². The molecule has 0 saturated heterocycles. The number of H-pyrrole nitrogens is 1. The number of nitrogens with one attached hydrogen (secondary N) is 1. The maximum Gasteiger partial charge on any atom is 0.151 e. The molecule has 0 atom stereocenters. The monoisotopic (exact) mass is 226 g/mol. The number of furan rings is 1. The second-order valence-corrected chi connectivity index (χ2v) is 3.65. The second kappa shape index (κ2) is 3.49. The van der Waals surface area contributed by atoms with Crippen LogP contribution in [0.2, 0.25) is 0 Å². The highest BCUT2D eigenvalue weighted by atomic mass is 19.1. The maximum absolute atomic E-state index is 13.2. The smallest absolute Gasteiger partial charge is 0.151 e. The topological polar surface area (TPSA) is 52.7 Å². The molecule has 0 amide bonds. The van der Waals surface area contributed by atoms with Crippen LogP contribution in [0.15, 0.2) is 41.0 Å². The summed E-state index contributed by atoms with van der Waals surface area (Å²) in [5.74, 6) is 0.206. The van der Waals surface area contributed by atoms with Crippen molar-refractivity contribution >= 4 is 10.9 Å². The van der Waals surface area contributed by atoms with Crippen molar-refractivity contribution in [1.29, 1.82) is 5.26 Å². The minimum absolute atomic E-state index is 0.362. The molecular weight excluding hydrogens is 219 g/mol. The van der Waals surface area contributed by atoms with E-state index in [2.05, 4.69) is 11.1 Å². The molecule has 0 bridgehead atoms. The van der Waals surface area contributed by atoms with Crippen LogP contribution in [0.1, 0.15) is 5.56 Å². The number of aromatic nitrogens is 1. The van der Waals surface area contributed by atoms with Crippen LogP contribution in [-0.2, 0) is 0 Å². The van der Waals surface area contributed by atoms with Gasteiger partial charge in [0.1, 0.15) is 17.6 Å². The van der Waals surface area contributed by atoms with Crippen molar-refractivity contribution < 1.29 is 8.81 Å². The SMILES string of the molecule is N#Cc1c(-c2ccco2)[nH]c2ccc(F)cc12. The molecule has 0 fully saturated rings. The Morgan fingerprint density at radius 1 is 1.29 bits per heavy atom. The number of hydrogen-bond donors (Lipinski definition) is 1. The number of aromatic amines is 1. The van der Waals surface area contributed by atoms with Gasteiger partial charge in [-0.15, -0.1) is 0 Å². The third kappa shape index (κ3) is 1.41. The average Bonchev–Trinajstić information content (AvgIpc) is 2.94. The van der Waals surface area contributed by atoms with Gasteiger partial charge in [-0.3, -0.25) is 0 Å². The molecule has 0 aliphatic heterocycles. The molecule has 3 rings (SSSR count). The third-order valence-electron chi connectivity index (χ3n) is 2.64. The lowest BCUT2D eigenvalue weighted by atomic mass is 10.1. The fourth-order valence-electron chi connectivity index (χ4n) is 1.89. The molecule has 1 aromatic carbocycles. The number of hydrogen-bond acceptors (Lipinski definition) is 2. The van der Waals surface area contributed by atoms with E-state index in [4.69, 9.17) is 9.68 Å². The molecule has 0 radical (unpaired) electrons. The van der Waals surface area contributed by atoms with Gasteiger partial charge >= 0.3 is 0 Å². The van der Waals surface area contributed by atoms with E-state index < -0.39 is 0 Å². The summed E-state index contributed by atoms with van der Waals surface area (Å²) in [6, 6.07) is 9.87. The maximum atomic E-state index is 13.2. The summed E-state index contributed by atoms with van der Waals surface area (Å²) in [6.07, 6.45) is 1.53. The lowest BCUT2D eigenvalue weighted by Crippen LogP contribution is -1.77. The molecular formula is C13H7FN2O. The third-order valence-corrected chi connectivity index (χ3v) is 2.64. The molecule has 4 heteroatoms. The summed E-state index contributed by atoms with van der Waals surface area (Å²) in [6.45, 7) is 0. The Morgan fingerprint density at radius 2 is 2.18 bits per heavy atom. The van der Waals surface area contributed by atoms with Gasteiger partial charge in [0.2, 0.25) is 0 Å². The molecule has 1 N–H and O–H groups in total. The van der Waals surface area contributed by atoms with Crippen LogP contribution in [0, 0.1) is 17.1 Å². The highest BCUT2D eigenvalue weighted by molar-refractivity contribution is 5.92. The molecule has 3 nitrogen and oxygen atoms in total. The summed E-state index contributed by atoms with van der Waals surface area (Å²) in [4.78, 5) is 3.06. The number of nitrogens with zero attached hydrogens (tertiary/aromatic N) is 1. The largest absolute Gasteiger partial charge is 0.463 e. The van der Waals surface area contributed by atoms with E-state index in [-0.39, 0.29) is 5.82 Å². The van der Waals surface area contributed by atoms with Crippen LogP contribution in [0.5, 0.6) is 0 Å². The second-order valence-electron chi connectivity index (χ2n) is 3.65. The zero-order valence-electron chi connectivity index (χ0n) is 8.70. The molecule has 0 aliphatic carbocycles. The van der Waals surface area contributed by atoms with E-state index in [1.54, 1.807) is 18.2 Å². The zero-order valence-corrected chi connectivity index (χ0v) is 8.70. The molecule has 0 saturated carbocycles. The predicted molar refractivity (Wildman–Crippen MR) is 60.7 cm³/mol. The molecule has 0 spiro atoms. The van der Waals surface area contributed by atoms with Gasteiger partial charge in [-0.25, -0.2) is 4.39 Å². The van der Waals surface area contributed by atoms with Crippen molar-refractivity contribution in [3.63, 3.8) is 0 Å². The van der Waals surface area contributed by atoms with Crippen molar-refractivity contribution in [2.24, 2.45) is 0 Å². The van der Waals surface area contributed by atoms with E-state index in [9.17, 15) is 4.39 Å². The first-order chi connectivity index (χ1) is 8.29. The Morgan fingerprint density at radius 3 is 2.88 bits per heavy atom. The zero-order chi connectivity index (χ0) is 11.8. The van der Waals surface area contributed by atoms with Gasteiger partial charge in [-0.05, 0) is 30.3 Å². The first kappa shape index (κ1) is 9.67. The van der Waals surface area contributed by atoms with Crippen molar-refractivity contribution in [1.82, 2.24) is 4.98 Å². The minimum Gasteiger partial charge on any atom is -0.463 e. The predicted octanol–water partition coefficient (Wildman–Crippen LogP) is 3.44. The minimum atomic E-state index is -0.362. The summed E-state index contributed by atoms with van der Waals surface area (Å²) in [5, 5.41) is 9.73. The Hall–Kier alpha value is -2.54.